The van der Waals surface area contributed by atoms with Gasteiger partial charge in [-0.25, -0.2) is 0 Å². The van der Waals surface area contributed by atoms with Gasteiger partial charge in [-0.15, -0.1) is 0 Å². The molecule has 4 aliphatic rings. The lowest BCUT2D eigenvalue weighted by Crippen LogP contribution is -2.58. The molecule has 1 unspecified atom stereocenters. The highest BCUT2D eigenvalue weighted by Gasteiger charge is 2.68. The Hall–Kier alpha value is -1.53. The fourth-order valence-corrected chi connectivity index (χ4v) is 9.45. The van der Waals surface area contributed by atoms with Gasteiger partial charge in [0.2, 0.25) is 0 Å². The summed E-state index contributed by atoms with van der Waals surface area (Å²) >= 11 is 0. The van der Waals surface area contributed by atoms with Crippen LogP contribution in [-0.2, 0) is 14.4 Å². The molecule has 2 saturated carbocycles. The lowest BCUT2D eigenvalue weighted by atomic mass is 9.43. The Kier molecular flexibility index (Phi) is 6.69. The minimum atomic E-state index is -0.966. The van der Waals surface area contributed by atoms with Crippen molar-refractivity contribution in [3.05, 3.63) is 11.1 Å². The van der Waals surface area contributed by atoms with Crippen molar-refractivity contribution < 1.29 is 29.7 Å². The smallest absolute Gasteiger partial charge is 0.306 e. The first-order valence-electron chi connectivity index (χ1n) is 13.9. The topological polar surface area (TPSA) is 112 Å². The Labute approximate surface area is 215 Å². The zero-order chi connectivity index (χ0) is 27.0. The number of Topliss-reactive ketones (excluding diaryl/α,β-unsaturated/α-hetero) is 2. The highest BCUT2D eigenvalue weighted by molar-refractivity contribution is 6.00. The Morgan fingerprint density at radius 1 is 1.00 bits per heavy atom. The molecule has 0 saturated heterocycles. The lowest BCUT2D eigenvalue weighted by molar-refractivity contribution is -0.143. The number of aliphatic hydroxyl groups excluding tert-OH is 2. The third-order valence-electron chi connectivity index (χ3n) is 11.8. The zero-order valence-corrected chi connectivity index (χ0v) is 23.2. The molecule has 6 nitrogen and oxygen atoms in total. The largest absolute Gasteiger partial charge is 0.481 e. The normalized spacial score (nSPS) is 43.3. The van der Waals surface area contributed by atoms with Crippen molar-refractivity contribution in [1.29, 1.82) is 0 Å². The van der Waals surface area contributed by atoms with Crippen LogP contribution in [0.5, 0.6) is 0 Å². The molecule has 0 aromatic carbocycles. The first kappa shape index (κ1) is 27.5. The molecule has 3 N–H and O–H groups in total. The standard InChI is InChI=1S/C30H46O6/c1-16(12-18(31)13-17(2)26(35)36)20-14-24(34)30(7)19-8-9-22-27(3,4)23(33)10-11-28(22,5)25(19)21(32)15-29(20,30)6/h16-17,20,22-24,33-34H,8-15H2,1-7H3,(H,35,36)/t16-,17-,20-,22?,23+,24+,28+,29-,30-/m1/s1. The highest BCUT2D eigenvalue weighted by atomic mass is 16.4. The van der Waals surface area contributed by atoms with E-state index in [0.29, 0.717) is 19.3 Å². The summed E-state index contributed by atoms with van der Waals surface area (Å²) < 4.78 is 0. The highest BCUT2D eigenvalue weighted by Crippen LogP contribution is 2.71. The summed E-state index contributed by atoms with van der Waals surface area (Å²) in [6, 6.07) is 0. The number of carbonyl (C=O) groups excluding carboxylic acids is 2. The minimum Gasteiger partial charge on any atom is -0.481 e. The van der Waals surface area contributed by atoms with Crippen LogP contribution in [0.1, 0.15) is 99.8 Å². The average Bonchev–Trinajstić information content (AvgIpc) is 2.97. The van der Waals surface area contributed by atoms with Crippen LogP contribution in [0.2, 0.25) is 0 Å². The quantitative estimate of drug-likeness (QED) is 0.474. The van der Waals surface area contributed by atoms with Crippen LogP contribution in [0.15, 0.2) is 11.1 Å². The van der Waals surface area contributed by atoms with Gasteiger partial charge >= 0.3 is 5.97 Å². The van der Waals surface area contributed by atoms with Gasteiger partial charge in [-0.3, -0.25) is 14.4 Å². The second kappa shape index (κ2) is 8.76. The van der Waals surface area contributed by atoms with Crippen molar-refractivity contribution in [3.8, 4) is 0 Å². The lowest BCUT2D eigenvalue weighted by Gasteiger charge is -2.61. The van der Waals surface area contributed by atoms with Gasteiger partial charge in [0.05, 0.1) is 18.1 Å². The van der Waals surface area contributed by atoms with Crippen molar-refractivity contribution in [2.45, 2.75) is 112 Å². The van der Waals surface area contributed by atoms with E-state index in [2.05, 4.69) is 34.6 Å². The third kappa shape index (κ3) is 3.68. The molecule has 36 heavy (non-hydrogen) atoms. The molecule has 0 heterocycles. The molecule has 9 atom stereocenters. The number of carboxylic acid groups (broad SMARTS) is 1. The van der Waals surface area contributed by atoms with Gasteiger partial charge in [-0.1, -0.05) is 54.0 Å². The van der Waals surface area contributed by atoms with Crippen LogP contribution in [-0.4, -0.2) is 45.1 Å². The fraction of sp³-hybridized carbons (Fsp3) is 0.833. The monoisotopic (exact) mass is 502 g/mol. The van der Waals surface area contributed by atoms with E-state index in [9.17, 15) is 29.7 Å². The maximum absolute atomic E-state index is 14.1. The van der Waals surface area contributed by atoms with Crippen LogP contribution in [0.3, 0.4) is 0 Å². The van der Waals surface area contributed by atoms with Crippen molar-refractivity contribution in [1.82, 2.24) is 0 Å². The summed E-state index contributed by atoms with van der Waals surface area (Å²) in [6.45, 7) is 14.3. The number of aliphatic hydroxyl groups is 2. The molecular weight excluding hydrogens is 456 g/mol. The molecule has 4 rings (SSSR count). The summed E-state index contributed by atoms with van der Waals surface area (Å²) in [5.41, 5.74) is 0.474. The third-order valence-corrected chi connectivity index (χ3v) is 11.8. The molecule has 6 heteroatoms. The fourth-order valence-electron chi connectivity index (χ4n) is 9.45. The number of allylic oxidation sites excluding steroid dienone is 1. The van der Waals surface area contributed by atoms with Crippen LogP contribution >= 0.6 is 0 Å². The minimum absolute atomic E-state index is 0.00488. The van der Waals surface area contributed by atoms with Crippen LogP contribution in [0.25, 0.3) is 0 Å². The molecule has 0 bridgehead atoms. The molecular formula is C30H46O6. The van der Waals surface area contributed by atoms with E-state index in [1.54, 1.807) is 6.92 Å². The van der Waals surface area contributed by atoms with E-state index in [4.69, 9.17) is 0 Å². The first-order valence-corrected chi connectivity index (χ1v) is 13.9. The summed E-state index contributed by atoms with van der Waals surface area (Å²) in [7, 11) is 0. The van der Waals surface area contributed by atoms with Gasteiger partial charge < -0.3 is 15.3 Å². The Bertz CT molecular complexity index is 995. The summed E-state index contributed by atoms with van der Waals surface area (Å²) in [5, 5.41) is 31.6. The molecule has 0 radical (unpaired) electrons. The van der Waals surface area contributed by atoms with Gasteiger partial charge in [0, 0.05) is 30.3 Å². The van der Waals surface area contributed by atoms with Gasteiger partial charge in [-0.2, -0.15) is 0 Å². The number of fused-ring (bicyclic) bond motifs is 4. The Morgan fingerprint density at radius 3 is 2.25 bits per heavy atom. The van der Waals surface area contributed by atoms with Gasteiger partial charge in [0.1, 0.15) is 5.78 Å². The maximum Gasteiger partial charge on any atom is 0.306 e. The van der Waals surface area contributed by atoms with E-state index in [-0.39, 0.29) is 59.1 Å². The zero-order valence-electron chi connectivity index (χ0n) is 23.2. The average molecular weight is 503 g/mol. The van der Waals surface area contributed by atoms with Crippen molar-refractivity contribution in [2.75, 3.05) is 0 Å². The number of hydrogen-bond acceptors (Lipinski definition) is 5. The summed E-state index contributed by atoms with van der Waals surface area (Å²) in [5.74, 6) is -1.40. The molecule has 0 spiro atoms. The van der Waals surface area contributed by atoms with E-state index in [1.165, 1.54) is 0 Å². The van der Waals surface area contributed by atoms with Crippen LogP contribution < -0.4 is 0 Å². The molecule has 202 valence electrons. The van der Waals surface area contributed by atoms with Crippen molar-refractivity contribution >= 4 is 17.5 Å². The number of rotatable bonds is 6. The molecule has 0 aromatic heterocycles. The molecule has 4 aliphatic carbocycles. The summed E-state index contributed by atoms with van der Waals surface area (Å²) in [6.07, 6.45) is 3.34. The molecule has 2 fully saturated rings. The molecule has 0 aliphatic heterocycles. The number of ketones is 2. The predicted octanol–water partition coefficient (Wildman–Crippen LogP) is 4.95. The number of hydrogen-bond donors (Lipinski definition) is 3. The van der Waals surface area contributed by atoms with Gasteiger partial charge in [0.25, 0.3) is 0 Å². The molecule has 0 aromatic rings. The van der Waals surface area contributed by atoms with E-state index in [0.717, 1.165) is 30.4 Å². The second-order valence-corrected chi connectivity index (χ2v) is 14.0. The Morgan fingerprint density at radius 2 is 1.64 bits per heavy atom. The van der Waals surface area contributed by atoms with Crippen molar-refractivity contribution in [2.24, 2.45) is 45.3 Å². The molecule has 0 amide bonds. The Balaban J connectivity index is 1.69. The van der Waals surface area contributed by atoms with Gasteiger partial charge in [0.15, 0.2) is 5.78 Å². The summed E-state index contributed by atoms with van der Waals surface area (Å²) in [4.78, 5) is 38.0. The number of aliphatic carboxylic acids is 1. The van der Waals surface area contributed by atoms with E-state index >= 15 is 0 Å². The maximum atomic E-state index is 14.1. The van der Waals surface area contributed by atoms with Crippen LogP contribution in [0.4, 0.5) is 0 Å². The SMILES string of the molecule is C[C@H](CC(=O)C[C@@H](C)[C@H]1C[C@H](O)[C@@]2(C)C3=C(C(=O)C[C@]12C)[C@@]1(C)CC[C@H](O)C(C)(C)C1CC3)C(=O)O. The van der Waals surface area contributed by atoms with E-state index in [1.807, 2.05) is 6.92 Å². The van der Waals surface area contributed by atoms with Gasteiger partial charge in [-0.05, 0) is 66.1 Å². The van der Waals surface area contributed by atoms with Crippen molar-refractivity contribution in [3.63, 3.8) is 0 Å². The first-order chi connectivity index (χ1) is 16.5. The van der Waals surface area contributed by atoms with E-state index < -0.39 is 28.8 Å². The number of carbonyl (C=O) groups is 3. The predicted molar refractivity (Wildman–Crippen MR) is 137 cm³/mol. The van der Waals surface area contributed by atoms with Crippen LogP contribution in [0, 0.1) is 45.3 Å². The number of carboxylic acids is 1. The second-order valence-electron chi connectivity index (χ2n) is 14.0.